The standard InChI is InChI=1S/C25H21F2N3O4S2/c26-17-5-10-21(11-6-17)36(32,33)29-19-8-3-16(4-9-19)24(31)30(15-20-2-1-13-34-20)25-28-22-12-7-18(27)14-23(22)35-25/h3-12,14,20,29H,1-2,13,15H2. The molecule has 1 aliphatic heterocycles. The maximum absolute atomic E-state index is 13.7. The summed E-state index contributed by atoms with van der Waals surface area (Å²) in [6.07, 6.45) is 1.58. The molecule has 0 bridgehead atoms. The Labute approximate surface area is 210 Å². The van der Waals surface area contributed by atoms with E-state index in [1.54, 1.807) is 6.07 Å². The minimum Gasteiger partial charge on any atom is -0.376 e. The second-order valence-electron chi connectivity index (χ2n) is 8.30. The van der Waals surface area contributed by atoms with Gasteiger partial charge in [-0.3, -0.25) is 14.4 Å². The van der Waals surface area contributed by atoms with Crippen LogP contribution in [0.3, 0.4) is 0 Å². The monoisotopic (exact) mass is 529 g/mol. The summed E-state index contributed by atoms with van der Waals surface area (Å²) < 4.78 is 60.7. The summed E-state index contributed by atoms with van der Waals surface area (Å²) in [6, 6.07) is 14.7. The van der Waals surface area contributed by atoms with Crippen molar-refractivity contribution in [1.82, 2.24) is 4.98 Å². The van der Waals surface area contributed by atoms with Gasteiger partial charge in [0.25, 0.3) is 15.9 Å². The Morgan fingerprint density at radius 1 is 1.06 bits per heavy atom. The normalized spacial score (nSPS) is 15.8. The molecule has 1 aliphatic rings. The average Bonchev–Trinajstić information content (AvgIpc) is 3.52. The molecule has 1 fully saturated rings. The second-order valence-corrected chi connectivity index (χ2v) is 11.0. The Balaban J connectivity index is 1.39. The lowest BCUT2D eigenvalue weighted by molar-refractivity contribution is 0.0917. The first-order valence-corrected chi connectivity index (χ1v) is 13.5. The first kappa shape index (κ1) is 24.3. The van der Waals surface area contributed by atoms with Crippen LogP contribution in [0.15, 0.2) is 71.6 Å². The van der Waals surface area contributed by atoms with Crippen LogP contribution in [-0.2, 0) is 14.8 Å². The van der Waals surface area contributed by atoms with Gasteiger partial charge in [-0.15, -0.1) is 0 Å². The molecule has 4 aromatic rings. The number of halogens is 2. The first-order chi connectivity index (χ1) is 17.3. The van der Waals surface area contributed by atoms with Gasteiger partial charge in [-0.25, -0.2) is 22.2 Å². The average molecular weight is 530 g/mol. The topological polar surface area (TPSA) is 88.6 Å². The van der Waals surface area contributed by atoms with Crippen molar-refractivity contribution < 1.29 is 26.7 Å². The number of amides is 1. The van der Waals surface area contributed by atoms with Crippen molar-refractivity contribution in [2.24, 2.45) is 0 Å². The maximum atomic E-state index is 13.7. The highest BCUT2D eigenvalue weighted by Gasteiger charge is 2.27. The third-order valence-corrected chi connectivity index (χ3v) is 8.17. The number of hydrogen-bond acceptors (Lipinski definition) is 6. The third kappa shape index (κ3) is 5.23. The summed E-state index contributed by atoms with van der Waals surface area (Å²) in [5, 5.41) is 0.428. The molecular formula is C25H21F2N3O4S2. The predicted octanol–water partition coefficient (Wildman–Crippen LogP) is 5.20. The molecule has 1 atom stereocenters. The highest BCUT2D eigenvalue weighted by molar-refractivity contribution is 7.92. The van der Waals surface area contributed by atoms with E-state index >= 15 is 0 Å². The molecule has 36 heavy (non-hydrogen) atoms. The minimum atomic E-state index is -3.92. The first-order valence-electron chi connectivity index (χ1n) is 11.2. The van der Waals surface area contributed by atoms with Gasteiger partial charge >= 0.3 is 0 Å². The number of carbonyl (C=O) groups is 1. The number of hydrogen-bond donors (Lipinski definition) is 1. The molecule has 3 aromatic carbocycles. The number of thiazole rings is 1. The molecule has 1 aromatic heterocycles. The van der Waals surface area contributed by atoms with E-state index in [1.165, 1.54) is 64.8 Å². The van der Waals surface area contributed by atoms with E-state index in [9.17, 15) is 22.0 Å². The third-order valence-electron chi connectivity index (χ3n) is 5.73. The van der Waals surface area contributed by atoms with Crippen molar-refractivity contribution in [3.63, 3.8) is 0 Å². The lowest BCUT2D eigenvalue weighted by Crippen LogP contribution is -2.37. The Morgan fingerprint density at radius 2 is 1.78 bits per heavy atom. The largest absolute Gasteiger partial charge is 0.376 e. The molecule has 7 nitrogen and oxygen atoms in total. The fourth-order valence-corrected chi connectivity index (χ4v) is 5.96. The molecule has 1 unspecified atom stereocenters. The highest BCUT2D eigenvalue weighted by atomic mass is 32.2. The smallest absolute Gasteiger partial charge is 0.261 e. The van der Waals surface area contributed by atoms with Gasteiger partial charge in [0.15, 0.2) is 5.13 Å². The molecule has 11 heteroatoms. The van der Waals surface area contributed by atoms with Gasteiger partial charge in [-0.2, -0.15) is 0 Å². The van der Waals surface area contributed by atoms with Gasteiger partial charge in [-0.05, 0) is 79.6 Å². The molecule has 1 N–H and O–H groups in total. The number of benzene rings is 3. The van der Waals surface area contributed by atoms with E-state index in [2.05, 4.69) is 9.71 Å². The second kappa shape index (κ2) is 9.92. The summed E-state index contributed by atoms with van der Waals surface area (Å²) in [5.74, 6) is -1.26. The van der Waals surface area contributed by atoms with Crippen molar-refractivity contribution >= 4 is 48.3 Å². The molecule has 0 saturated carbocycles. The number of sulfonamides is 1. The fraction of sp³-hybridized carbons (Fsp3) is 0.200. The predicted molar refractivity (Wildman–Crippen MR) is 134 cm³/mol. The Bertz CT molecular complexity index is 1500. The molecule has 186 valence electrons. The Morgan fingerprint density at radius 3 is 2.47 bits per heavy atom. The van der Waals surface area contributed by atoms with Gasteiger partial charge in [0.2, 0.25) is 0 Å². The van der Waals surface area contributed by atoms with Gasteiger partial charge in [-0.1, -0.05) is 11.3 Å². The molecular weight excluding hydrogens is 508 g/mol. The zero-order valence-corrected chi connectivity index (χ0v) is 20.5. The van der Waals surface area contributed by atoms with Crippen LogP contribution in [-0.4, -0.2) is 38.6 Å². The zero-order valence-electron chi connectivity index (χ0n) is 18.9. The number of nitrogens with zero attached hydrogens (tertiary/aromatic N) is 2. The van der Waals surface area contributed by atoms with Crippen LogP contribution in [0.1, 0.15) is 23.2 Å². The van der Waals surface area contributed by atoms with E-state index in [0.717, 1.165) is 25.0 Å². The summed E-state index contributed by atoms with van der Waals surface area (Å²) >= 11 is 1.22. The molecule has 0 radical (unpaired) electrons. The van der Waals surface area contributed by atoms with Gasteiger partial charge in [0.05, 0.1) is 27.8 Å². The SMILES string of the molecule is O=C(c1ccc(NS(=O)(=O)c2ccc(F)cc2)cc1)N(CC1CCCO1)c1nc2ccc(F)cc2s1. The maximum Gasteiger partial charge on any atom is 0.261 e. The van der Waals surface area contributed by atoms with Crippen LogP contribution in [0.2, 0.25) is 0 Å². The van der Waals surface area contributed by atoms with Crippen LogP contribution in [0.4, 0.5) is 19.6 Å². The summed E-state index contributed by atoms with van der Waals surface area (Å²) in [4.78, 5) is 19.5. The van der Waals surface area contributed by atoms with E-state index in [0.29, 0.717) is 34.1 Å². The molecule has 1 saturated heterocycles. The van der Waals surface area contributed by atoms with E-state index in [4.69, 9.17) is 4.74 Å². The number of fused-ring (bicyclic) bond motifs is 1. The number of nitrogens with one attached hydrogen (secondary N) is 1. The van der Waals surface area contributed by atoms with Crippen LogP contribution in [0.25, 0.3) is 10.2 Å². The zero-order chi connectivity index (χ0) is 25.3. The summed E-state index contributed by atoms with van der Waals surface area (Å²) in [7, 11) is -3.92. The highest BCUT2D eigenvalue weighted by Crippen LogP contribution is 2.31. The minimum absolute atomic E-state index is 0.0842. The van der Waals surface area contributed by atoms with Gasteiger partial charge in [0.1, 0.15) is 11.6 Å². The van der Waals surface area contributed by atoms with Crippen molar-refractivity contribution in [3.8, 4) is 0 Å². The molecule has 5 rings (SSSR count). The van der Waals surface area contributed by atoms with Gasteiger partial charge in [0, 0.05) is 17.9 Å². The van der Waals surface area contributed by atoms with E-state index < -0.39 is 15.8 Å². The quantitative estimate of drug-likeness (QED) is 0.356. The van der Waals surface area contributed by atoms with Crippen LogP contribution >= 0.6 is 11.3 Å². The molecule has 2 heterocycles. The Hall–Kier alpha value is -3.41. The molecule has 0 spiro atoms. The molecule has 0 aliphatic carbocycles. The number of aromatic nitrogens is 1. The molecule has 1 amide bonds. The van der Waals surface area contributed by atoms with E-state index in [-0.39, 0.29) is 28.4 Å². The van der Waals surface area contributed by atoms with Crippen LogP contribution < -0.4 is 9.62 Å². The number of ether oxygens (including phenoxy) is 1. The van der Waals surface area contributed by atoms with Crippen LogP contribution in [0.5, 0.6) is 0 Å². The lowest BCUT2D eigenvalue weighted by atomic mass is 10.1. The van der Waals surface area contributed by atoms with E-state index in [1.807, 2.05) is 0 Å². The van der Waals surface area contributed by atoms with Gasteiger partial charge < -0.3 is 4.74 Å². The van der Waals surface area contributed by atoms with Crippen molar-refractivity contribution in [2.45, 2.75) is 23.8 Å². The van der Waals surface area contributed by atoms with Crippen molar-refractivity contribution in [2.75, 3.05) is 22.8 Å². The van der Waals surface area contributed by atoms with Crippen molar-refractivity contribution in [1.29, 1.82) is 0 Å². The van der Waals surface area contributed by atoms with Crippen LogP contribution in [0, 0.1) is 11.6 Å². The summed E-state index contributed by atoms with van der Waals surface area (Å²) in [6.45, 7) is 0.917. The number of carbonyl (C=O) groups excluding carboxylic acids is 1. The Kier molecular flexibility index (Phi) is 6.69. The lowest BCUT2D eigenvalue weighted by Gasteiger charge is -2.23. The van der Waals surface area contributed by atoms with Crippen molar-refractivity contribution in [3.05, 3.63) is 83.9 Å². The summed E-state index contributed by atoms with van der Waals surface area (Å²) in [5.41, 5.74) is 1.16. The number of anilines is 2. The number of rotatable bonds is 7. The fourth-order valence-electron chi connectivity index (χ4n) is 3.91.